The summed E-state index contributed by atoms with van der Waals surface area (Å²) in [6.45, 7) is 6.67. The lowest BCUT2D eigenvalue weighted by molar-refractivity contribution is 0.179. The van der Waals surface area contributed by atoms with Crippen molar-refractivity contribution < 1.29 is 0 Å². The maximum atomic E-state index is 6.39. The standard InChI is InChI=1S/C18H27Cl2N/c1-14(2)12-21-13-18(9-4-3-5-10-18)11-15-16(19)7-6-8-17(15)20/h6-8,14,21H,3-5,9-13H2,1-2H3. The normalized spacial score (nSPS) is 18.1. The lowest BCUT2D eigenvalue weighted by Gasteiger charge is -2.38. The molecule has 2 rings (SSSR count). The van der Waals surface area contributed by atoms with E-state index in [1.807, 2.05) is 18.2 Å². The van der Waals surface area contributed by atoms with Gasteiger partial charge >= 0.3 is 0 Å². The SMILES string of the molecule is CC(C)CNCC1(Cc2c(Cl)cccc2Cl)CCCCC1. The largest absolute Gasteiger partial charge is 0.316 e. The van der Waals surface area contributed by atoms with Crippen LogP contribution in [0.4, 0.5) is 0 Å². The van der Waals surface area contributed by atoms with Gasteiger partial charge in [0.2, 0.25) is 0 Å². The molecule has 0 atom stereocenters. The molecule has 118 valence electrons. The zero-order chi connectivity index (χ0) is 15.3. The Labute approximate surface area is 139 Å². The van der Waals surface area contributed by atoms with Gasteiger partial charge in [0, 0.05) is 16.6 Å². The number of hydrogen-bond acceptors (Lipinski definition) is 1. The molecule has 0 heterocycles. The third kappa shape index (κ3) is 4.87. The summed E-state index contributed by atoms with van der Waals surface area (Å²) in [5, 5.41) is 5.30. The summed E-state index contributed by atoms with van der Waals surface area (Å²) in [6, 6.07) is 5.85. The minimum Gasteiger partial charge on any atom is -0.316 e. The number of benzene rings is 1. The van der Waals surface area contributed by atoms with Crippen LogP contribution in [-0.4, -0.2) is 13.1 Å². The molecule has 3 heteroatoms. The van der Waals surface area contributed by atoms with Gasteiger partial charge in [-0.3, -0.25) is 0 Å². The van der Waals surface area contributed by atoms with E-state index in [9.17, 15) is 0 Å². The predicted octanol–water partition coefficient (Wildman–Crippen LogP) is 5.73. The first-order chi connectivity index (χ1) is 10.0. The maximum Gasteiger partial charge on any atom is 0.0453 e. The molecule has 1 saturated carbocycles. The highest BCUT2D eigenvalue weighted by Crippen LogP contribution is 2.41. The zero-order valence-electron chi connectivity index (χ0n) is 13.2. The number of hydrogen-bond donors (Lipinski definition) is 1. The highest BCUT2D eigenvalue weighted by atomic mass is 35.5. The summed E-state index contributed by atoms with van der Waals surface area (Å²) in [5.41, 5.74) is 1.45. The fraction of sp³-hybridized carbons (Fsp3) is 0.667. The second-order valence-electron chi connectivity index (χ2n) is 6.96. The van der Waals surface area contributed by atoms with E-state index < -0.39 is 0 Å². The molecular formula is C18H27Cl2N. The number of rotatable bonds is 6. The van der Waals surface area contributed by atoms with E-state index in [0.29, 0.717) is 11.3 Å². The Hall–Kier alpha value is -0.240. The van der Waals surface area contributed by atoms with Gasteiger partial charge in [0.05, 0.1) is 0 Å². The van der Waals surface area contributed by atoms with Crippen molar-refractivity contribution in [2.75, 3.05) is 13.1 Å². The van der Waals surface area contributed by atoms with Crippen LogP contribution in [0.25, 0.3) is 0 Å². The fourth-order valence-corrected chi connectivity index (χ4v) is 3.95. The molecule has 0 saturated heterocycles. The molecule has 1 N–H and O–H groups in total. The predicted molar refractivity (Wildman–Crippen MR) is 93.4 cm³/mol. The molecule has 21 heavy (non-hydrogen) atoms. The summed E-state index contributed by atoms with van der Waals surface area (Å²) in [6.07, 6.45) is 7.56. The summed E-state index contributed by atoms with van der Waals surface area (Å²) in [4.78, 5) is 0. The first kappa shape index (κ1) is 17.1. The molecule has 1 aromatic rings. The van der Waals surface area contributed by atoms with E-state index in [4.69, 9.17) is 23.2 Å². The van der Waals surface area contributed by atoms with Crippen LogP contribution in [0, 0.1) is 11.3 Å². The molecular weight excluding hydrogens is 301 g/mol. The Balaban J connectivity index is 2.12. The van der Waals surface area contributed by atoms with Crippen LogP contribution < -0.4 is 5.32 Å². The summed E-state index contributed by atoms with van der Waals surface area (Å²) in [5.74, 6) is 0.689. The van der Waals surface area contributed by atoms with Crippen LogP contribution in [-0.2, 0) is 6.42 Å². The van der Waals surface area contributed by atoms with Gasteiger partial charge in [0.15, 0.2) is 0 Å². The molecule has 1 nitrogen and oxygen atoms in total. The first-order valence-corrected chi connectivity index (χ1v) is 8.92. The molecule has 0 amide bonds. The second-order valence-corrected chi connectivity index (χ2v) is 7.78. The molecule has 1 aromatic carbocycles. The third-order valence-corrected chi connectivity index (χ3v) is 5.29. The Morgan fingerprint density at radius 3 is 2.29 bits per heavy atom. The van der Waals surface area contributed by atoms with Crippen molar-refractivity contribution in [3.63, 3.8) is 0 Å². The first-order valence-electron chi connectivity index (χ1n) is 8.16. The van der Waals surface area contributed by atoms with Crippen molar-refractivity contribution >= 4 is 23.2 Å². The Bertz CT molecular complexity index is 430. The van der Waals surface area contributed by atoms with Gasteiger partial charge in [0.25, 0.3) is 0 Å². The van der Waals surface area contributed by atoms with E-state index in [2.05, 4.69) is 19.2 Å². The van der Waals surface area contributed by atoms with Crippen LogP contribution in [0.2, 0.25) is 10.0 Å². The molecule has 0 aromatic heterocycles. The molecule has 0 unspecified atom stereocenters. The van der Waals surface area contributed by atoms with Gasteiger partial charge < -0.3 is 5.32 Å². The Kier molecular flexibility index (Phi) is 6.40. The highest BCUT2D eigenvalue weighted by molar-refractivity contribution is 6.36. The van der Waals surface area contributed by atoms with Crippen molar-refractivity contribution in [2.45, 2.75) is 52.4 Å². The van der Waals surface area contributed by atoms with Crippen molar-refractivity contribution in [1.29, 1.82) is 0 Å². The van der Waals surface area contributed by atoms with Gasteiger partial charge in [-0.15, -0.1) is 0 Å². The summed E-state index contributed by atoms with van der Waals surface area (Å²) < 4.78 is 0. The monoisotopic (exact) mass is 327 g/mol. The van der Waals surface area contributed by atoms with Gasteiger partial charge in [-0.05, 0) is 54.8 Å². The Morgan fingerprint density at radius 1 is 1.10 bits per heavy atom. The van der Waals surface area contributed by atoms with E-state index in [1.165, 1.54) is 32.1 Å². The number of halogens is 2. The molecule has 0 spiro atoms. The average Bonchev–Trinajstić information content (AvgIpc) is 2.44. The van der Waals surface area contributed by atoms with Crippen LogP contribution in [0.5, 0.6) is 0 Å². The molecule has 0 bridgehead atoms. The van der Waals surface area contributed by atoms with Gasteiger partial charge in [-0.2, -0.15) is 0 Å². The van der Waals surface area contributed by atoms with Gasteiger partial charge in [0.1, 0.15) is 0 Å². The van der Waals surface area contributed by atoms with Crippen LogP contribution in [0.1, 0.15) is 51.5 Å². The van der Waals surface area contributed by atoms with E-state index in [-0.39, 0.29) is 0 Å². The lowest BCUT2D eigenvalue weighted by Crippen LogP contribution is -2.39. The van der Waals surface area contributed by atoms with Gasteiger partial charge in [-0.1, -0.05) is 62.4 Å². The van der Waals surface area contributed by atoms with Crippen molar-refractivity contribution in [3.8, 4) is 0 Å². The maximum absolute atomic E-state index is 6.39. The third-order valence-electron chi connectivity index (χ3n) is 4.58. The zero-order valence-corrected chi connectivity index (χ0v) is 14.7. The number of nitrogens with one attached hydrogen (secondary N) is 1. The van der Waals surface area contributed by atoms with Crippen molar-refractivity contribution in [1.82, 2.24) is 5.32 Å². The average molecular weight is 328 g/mol. The Morgan fingerprint density at radius 2 is 1.71 bits per heavy atom. The lowest BCUT2D eigenvalue weighted by atomic mass is 9.70. The van der Waals surface area contributed by atoms with E-state index in [1.54, 1.807) is 0 Å². The van der Waals surface area contributed by atoms with Gasteiger partial charge in [-0.25, -0.2) is 0 Å². The smallest absolute Gasteiger partial charge is 0.0453 e. The molecule has 0 aliphatic heterocycles. The van der Waals surface area contributed by atoms with Crippen molar-refractivity contribution in [2.24, 2.45) is 11.3 Å². The minimum atomic E-state index is 0.321. The highest BCUT2D eigenvalue weighted by Gasteiger charge is 2.33. The molecule has 0 radical (unpaired) electrons. The van der Waals surface area contributed by atoms with E-state index in [0.717, 1.165) is 35.1 Å². The second kappa shape index (κ2) is 7.85. The molecule has 1 fully saturated rings. The minimum absolute atomic E-state index is 0.321. The fourth-order valence-electron chi connectivity index (χ4n) is 3.42. The topological polar surface area (TPSA) is 12.0 Å². The molecule has 1 aliphatic carbocycles. The molecule has 1 aliphatic rings. The van der Waals surface area contributed by atoms with Crippen LogP contribution in [0.15, 0.2) is 18.2 Å². The summed E-state index contributed by atoms with van der Waals surface area (Å²) in [7, 11) is 0. The summed E-state index contributed by atoms with van der Waals surface area (Å²) >= 11 is 12.8. The van der Waals surface area contributed by atoms with Crippen LogP contribution >= 0.6 is 23.2 Å². The quantitative estimate of drug-likeness (QED) is 0.703. The van der Waals surface area contributed by atoms with Crippen LogP contribution in [0.3, 0.4) is 0 Å². The van der Waals surface area contributed by atoms with Crippen molar-refractivity contribution in [3.05, 3.63) is 33.8 Å². The van der Waals surface area contributed by atoms with E-state index >= 15 is 0 Å².